The first-order valence-corrected chi connectivity index (χ1v) is 11.6. The van der Waals surface area contributed by atoms with Crippen molar-refractivity contribution in [2.24, 2.45) is 11.3 Å². The highest BCUT2D eigenvalue weighted by Crippen LogP contribution is 2.43. The highest BCUT2D eigenvalue weighted by Gasteiger charge is 2.54. The Morgan fingerprint density at radius 3 is 2.19 bits per heavy atom. The second kappa shape index (κ2) is 11.0. The van der Waals surface area contributed by atoms with E-state index in [1.807, 2.05) is 6.92 Å². The smallest absolute Gasteiger partial charge is 0.421 e. The molecule has 1 aromatic carbocycles. The molecule has 0 aromatic heterocycles. The molecule has 0 heterocycles. The largest absolute Gasteiger partial charge is 0.426 e. The minimum absolute atomic E-state index is 0.0812. The Hall–Kier alpha value is -1.60. The van der Waals surface area contributed by atoms with Crippen molar-refractivity contribution in [3.8, 4) is 5.75 Å². The van der Waals surface area contributed by atoms with Crippen LogP contribution in [-0.2, 0) is 19.9 Å². The van der Waals surface area contributed by atoms with Gasteiger partial charge in [-0.2, -0.15) is 13.2 Å². The molecule has 0 N–H and O–H groups in total. The SMILES string of the molecule is CCC(C)(C)C(=O)Oc1ccc(C(C)(OC(C)OCCC2CCCCC2)C(F)(F)F)cc1. The number of hydrogen-bond donors (Lipinski definition) is 0. The molecule has 1 aliphatic carbocycles. The molecule has 0 spiro atoms. The Balaban J connectivity index is 2.03. The summed E-state index contributed by atoms with van der Waals surface area (Å²) >= 11 is 0. The lowest BCUT2D eigenvalue weighted by atomic mass is 9.87. The van der Waals surface area contributed by atoms with Crippen LogP contribution in [0.4, 0.5) is 13.2 Å². The first kappa shape index (κ1) is 26.7. The standard InChI is InChI=1S/C25H37F3O4/c1-6-23(3,4)22(29)31-21-14-12-20(13-15-21)24(5,25(26,27)28)32-18(2)30-17-16-19-10-8-7-9-11-19/h12-15,18-19H,6-11,16-17H2,1-5H3. The van der Waals surface area contributed by atoms with Crippen LogP contribution in [0.15, 0.2) is 24.3 Å². The van der Waals surface area contributed by atoms with Crippen LogP contribution < -0.4 is 4.74 Å². The van der Waals surface area contributed by atoms with E-state index in [0.29, 0.717) is 18.9 Å². The minimum Gasteiger partial charge on any atom is -0.426 e. The maximum Gasteiger partial charge on any atom is 0.421 e. The summed E-state index contributed by atoms with van der Waals surface area (Å²) in [5, 5.41) is 0. The molecule has 32 heavy (non-hydrogen) atoms. The third-order valence-electron chi connectivity index (χ3n) is 6.60. The van der Waals surface area contributed by atoms with Gasteiger partial charge in [0, 0.05) is 6.61 Å². The molecule has 4 nitrogen and oxygen atoms in total. The van der Waals surface area contributed by atoms with E-state index < -0.39 is 29.5 Å². The zero-order valence-electron chi connectivity index (χ0n) is 19.9. The number of carbonyl (C=O) groups is 1. The lowest BCUT2D eigenvalue weighted by molar-refractivity contribution is -0.321. The van der Waals surface area contributed by atoms with Gasteiger partial charge in [-0.1, -0.05) is 51.2 Å². The van der Waals surface area contributed by atoms with Crippen molar-refractivity contribution in [3.63, 3.8) is 0 Å². The molecule has 1 aliphatic rings. The number of ether oxygens (including phenoxy) is 3. The summed E-state index contributed by atoms with van der Waals surface area (Å²) in [5.41, 5.74) is -3.31. The number of halogens is 3. The zero-order chi connectivity index (χ0) is 24.0. The molecule has 2 atom stereocenters. The van der Waals surface area contributed by atoms with Crippen molar-refractivity contribution in [2.45, 2.75) is 97.6 Å². The maximum atomic E-state index is 14.0. The predicted octanol–water partition coefficient (Wildman–Crippen LogP) is 7.16. The first-order valence-electron chi connectivity index (χ1n) is 11.6. The monoisotopic (exact) mass is 458 g/mol. The van der Waals surface area contributed by atoms with Crippen LogP contribution in [-0.4, -0.2) is 25.0 Å². The van der Waals surface area contributed by atoms with Gasteiger partial charge < -0.3 is 14.2 Å². The van der Waals surface area contributed by atoms with Gasteiger partial charge in [0.1, 0.15) is 5.75 Å². The van der Waals surface area contributed by atoms with Gasteiger partial charge in [-0.3, -0.25) is 4.79 Å². The average Bonchev–Trinajstić information content (AvgIpc) is 2.74. The van der Waals surface area contributed by atoms with E-state index >= 15 is 0 Å². The Morgan fingerprint density at radius 1 is 1.06 bits per heavy atom. The molecular formula is C25H37F3O4. The van der Waals surface area contributed by atoms with Crippen molar-refractivity contribution in [1.82, 2.24) is 0 Å². The van der Waals surface area contributed by atoms with E-state index in [9.17, 15) is 18.0 Å². The normalized spacial score (nSPS) is 18.8. The summed E-state index contributed by atoms with van der Waals surface area (Å²) in [6.07, 6.45) is 1.75. The van der Waals surface area contributed by atoms with Crippen LogP contribution in [0.25, 0.3) is 0 Å². The summed E-state index contributed by atoms with van der Waals surface area (Å²) in [5.74, 6) is 0.349. The average molecular weight is 459 g/mol. The molecule has 0 saturated heterocycles. The van der Waals surface area contributed by atoms with Crippen molar-refractivity contribution in [2.75, 3.05) is 6.61 Å². The number of benzene rings is 1. The highest BCUT2D eigenvalue weighted by atomic mass is 19.4. The molecule has 1 fully saturated rings. The Kier molecular flexibility index (Phi) is 9.17. The fraction of sp³-hybridized carbons (Fsp3) is 0.720. The number of carbonyl (C=O) groups excluding carboxylic acids is 1. The molecular weight excluding hydrogens is 421 g/mol. The molecule has 1 aromatic rings. The van der Waals surface area contributed by atoms with Gasteiger partial charge in [0.25, 0.3) is 0 Å². The Labute approximate surface area is 189 Å². The second-order valence-corrected chi connectivity index (χ2v) is 9.53. The van der Waals surface area contributed by atoms with Crippen LogP contribution in [0.5, 0.6) is 5.75 Å². The quantitative estimate of drug-likeness (QED) is 0.212. The summed E-state index contributed by atoms with van der Waals surface area (Å²) in [6.45, 7) is 8.25. The molecule has 7 heteroatoms. The Morgan fingerprint density at radius 2 is 1.66 bits per heavy atom. The van der Waals surface area contributed by atoms with E-state index in [4.69, 9.17) is 14.2 Å². The van der Waals surface area contributed by atoms with Crippen LogP contribution in [0.2, 0.25) is 0 Å². The topological polar surface area (TPSA) is 44.8 Å². The van der Waals surface area contributed by atoms with Crippen LogP contribution in [0.1, 0.15) is 85.1 Å². The van der Waals surface area contributed by atoms with Crippen LogP contribution in [0.3, 0.4) is 0 Å². The van der Waals surface area contributed by atoms with Crippen molar-refractivity contribution >= 4 is 5.97 Å². The van der Waals surface area contributed by atoms with Gasteiger partial charge in [0.05, 0.1) is 5.41 Å². The van der Waals surface area contributed by atoms with Crippen molar-refractivity contribution in [3.05, 3.63) is 29.8 Å². The number of esters is 1. The number of rotatable bonds is 10. The highest BCUT2D eigenvalue weighted by molar-refractivity contribution is 5.78. The lowest BCUT2D eigenvalue weighted by Gasteiger charge is -2.35. The molecule has 182 valence electrons. The van der Waals surface area contributed by atoms with E-state index in [0.717, 1.165) is 26.2 Å². The second-order valence-electron chi connectivity index (χ2n) is 9.53. The third kappa shape index (κ3) is 6.95. The Bertz CT molecular complexity index is 724. The van der Waals surface area contributed by atoms with E-state index in [1.54, 1.807) is 13.8 Å². The van der Waals surface area contributed by atoms with Crippen molar-refractivity contribution < 1.29 is 32.2 Å². The van der Waals surface area contributed by atoms with Gasteiger partial charge in [-0.25, -0.2) is 0 Å². The molecule has 0 amide bonds. The summed E-state index contributed by atoms with van der Waals surface area (Å²) < 4.78 is 58.4. The molecule has 0 aliphatic heterocycles. The molecule has 2 rings (SSSR count). The summed E-state index contributed by atoms with van der Waals surface area (Å²) in [6, 6.07) is 5.29. The van der Waals surface area contributed by atoms with Gasteiger partial charge in [0.15, 0.2) is 11.9 Å². The molecule has 0 radical (unpaired) electrons. The van der Waals surface area contributed by atoms with Gasteiger partial charge in [-0.05, 0) is 64.2 Å². The fourth-order valence-corrected chi connectivity index (χ4v) is 3.77. The van der Waals surface area contributed by atoms with Gasteiger partial charge in [0.2, 0.25) is 0 Å². The van der Waals surface area contributed by atoms with E-state index in [1.165, 1.54) is 50.5 Å². The molecule has 0 bridgehead atoms. The number of hydrogen-bond acceptors (Lipinski definition) is 4. The third-order valence-corrected chi connectivity index (χ3v) is 6.60. The van der Waals surface area contributed by atoms with Crippen LogP contribution >= 0.6 is 0 Å². The number of alkyl halides is 3. The van der Waals surface area contributed by atoms with Crippen molar-refractivity contribution in [1.29, 1.82) is 0 Å². The zero-order valence-corrected chi connectivity index (χ0v) is 19.9. The first-order chi connectivity index (χ1) is 14.9. The van der Waals surface area contributed by atoms with E-state index in [2.05, 4.69) is 0 Å². The summed E-state index contributed by atoms with van der Waals surface area (Å²) in [4.78, 5) is 12.2. The lowest BCUT2D eigenvalue weighted by Crippen LogP contribution is -2.44. The van der Waals surface area contributed by atoms with Crippen LogP contribution in [0, 0.1) is 11.3 Å². The molecule has 1 saturated carbocycles. The van der Waals surface area contributed by atoms with Gasteiger partial charge >= 0.3 is 12.1 Å². The van der Waals surface area contributed by atoms with Gasteiger partial charge in [-0.15, -0.1) is 0 Å². The minimum atomic E-state index is -4.66. The van der Waals surface area contributed by atoms with E-state index in [-0.39, 0.29) is 11.3 Å². The predicted molar refractivity (Wildman–Crippen MR) is 117 cm³/mol. The maximum absolute atomic E-state index is 14.0. The molecule has 2 unspecified atom stereocenters. The summed E-state index contributed by atoms with van der Waals surface area (Å²) in [7, 11) is 0. The fourth-order valence-electron chi connectivity index (χ4n) is 3.77.